The van der Waals surface area contributed by atoms with E-state index in [2.05, 4.69) is 10.1 Å². The van der Waals surface area contributed by atoms with E-state index in [1.807, 2.05) is 42.6 Å². The number of nitrogens with zero attached hydrogens (tertiary/aromatic N) is 3. The summed E-state index contributed by atoms with van der Waals surface area (Å²) in [6.45, 7) is 3.74. The van der Waals surface area contributed by atoms with Crippen LogP contribution in [0.1, 0.15) is 50.7 Å². The number of oxime groups is 1. The molecule has 0 atom stereocenters. The van der Waals surface area contributed by atoms with Gasteiger partial charge in [0.2, 0.25) is 0 Å². The molecule has 0 saturated heterocycles. The normalized spacial score (nSPS) is 14.7. The van der Waals surface area contributed by atoms with Gasteiger partial charge in [-0.3, -0.25) is 9.20 Å². The topological polar surface area (TPSA) is 76.2 Å². The highest BCUT2D eigenvalue weighted by Crippen LogP contribution is 2.34. The third kappa shape index (κ3) is 5.76. The third-order valence-electron chi connectivity index (χ3n) is 5.60. The quantitative estimate of drug-likeness (QED) is 0.241. The zero-order valence-electron chi connectivity index (χ0n) is 19.0. The van der Waals surface area contributed by atoms with Gasteiger partial charge in [0.1, 0.15) is 17.2 Å². The summed E-state index contributed by atoms with van der Waals surface area (Å²) in [6, 6.07) is 9.01. The number of fused-ring (bicyclic) bond motifs is 1. The summed E-state index contributed by atoms with van der Waals surface area (Å²) < 4.78 is 45.2. The summed E-state index contributed by atoms with van der Waals surface area (Å²) in [5, 5.41) is 12.9. The van der Waals surface area contributed by atoms with Gasteiger partial charge in [-0.05, 0) is 62.6 Å². The van der Waals surface area contributed by atoms with E-state index in [9.17, 15) is 23.2 Å². The molecule has 9 heteroatoms. The van der Waals surface area contributed by atoms with Gasteiger partial charge in [-0.2, -0.15) is 13.2 Å². The van der Waals surface area contributed by atoms with E-state index in [-0.39, 0.29) is 18.4 Å². The van der Waals surface area contributed by atoms with Gasteiger partial charge >= 0.3 is 6.18 Å². The zero-order valence-corrected chi connectivity index (χ0v) is 19.0. The molecule has 1 fully saturated rings. The molecule has 0 aliphatic heterocycles. The molecule has 0 unspecified atom stereocenters. The fourth-order valence-corrected chi connectivity index (χ4v) is 3.93. The minimum absolute atomic E-state index is 0.114. The van der Waals surface area contributed by atoms with Gasteiger partial charge in [-0.1, -0.05) is 5.16 Å². The Morgan fingerprint density at radius 3 is 2.68 bits per heavy atom. The Hall–Kier alpha value is -3.36. The van der Waals surface area contributed by atoms with Gasteiger partial charge in [0, 0.05) is 36.1 Å². The molecule has 4 rings (SSSR count). The number of pyridine rings is 1. The fraction of sp³-hybridized carbons (Fsp3) is 0.400. The van der Waals surface area contributed by atoms with Crippen molar-refractivity contribution in [1.82, 2.24) is 9.38 Å². The third-order valence-corrected chi connectivity index (χ3v) is 5.60. The maximum Gasteiger partial charge on any atom is 0.389 e. The van der Waals surface area contributed by atoms with Crippen LogP contribution in [0.2, 0.25) is 0 Å². The van der Waals surface area contributed by atoms with Gasteiger partial charge in [0.15, 0.2) is 0 Å². The first kappa shape index (κ1) is 23.8. The predicted octanol–water partition coefficient (Wildman–Crippen LogP) is 5.83. The molecule has 1 aromatic carbocycles. The lowest BCUT2D eigenvalue weighted by Crippen LogP contribution is -2.12. The first-order valence-electron chi connectivity index (χ1n) is 11.2. The van der Waals surface area contributed by atoms with Crippen molar-refractivity contribution in [3.8, 4) is 17.0 Å². The average Bonchev–Trinajstić information content (AvgIpc) is 3.49. The van der Waals surface area contributed by atoms with E-state index in [1.165, 1.54) is 0 Å². The van der Waals surface area contributed by atoms with Crippen LogP contribution in [0, 0.1) is 5.92 Å². The number of aromatic nitrogens is 2. The Morgan fingerprint density at radius 2 is 2.03 bits per heavy atom. The van der Waals surface area contributed by atoms with Crippen molar-refractivity contribution in [1.29, 1.82) is 0 Å². The number of imidazole rings is 1. The largest absolute Gasteiger partial charge is 0.491 e. The van der Waals surface area contributed by atoms with Crippen LogP contribution in [0.15, 0.2) is 47.9 Å². The molecule has 34 heavy (non-hydrogen) atoms. The maximum absolute atomic E-state index is 12.5. The molecule has 1 aliphatic rings. The minimum atomic E-state index is -4.36. The van der Waals surface area contributed by atoms with E-state index in [0.29, 0.717) is 22.7 Å². The highest BCUT2D eigenvalue weighted by Gasteiger charge is 2.30. The maximum atomic E-state index is 12.5. The lowest BCUT2D eigenvalue weighted by Gasteiger charge is -2.14. The number of Topliss-reactive ketones (excluding diaryl/α,β-unsaturated/α-hetero) is 1. The molecule has 180 valence electrons. The number of hydrogen-bond donors (Lipinski definition) is 1. The second-order valence-electron chi connectivity index (χ2n) is 8.91. The lowest BCUT2D eigenvalue weighted by atomic mass is 10.0. The van der Waals surface area contributed by atoms with Gasteiger partial charge < -0.3 is 9.94 Å². The number of alkyl halides is 3. The van der Waals surface area contributed by atoms with Crippen LogP contribution in [0.25, 0.3) is 16.9 Å². The van der Waals surface area contributed by atoms with Crippen LogP contribution in [0.4, 0.5) is 13.2 Å². The summed E-state index contributed by atoms with van der Waals surface area (Å²) in [6.07, 6.45) is -0.753. The summed E-state index contributed by atoms with van der Waals surface area (Å²) in [4.78, 5) is 16.7. The van der Waals surface area contributed by atoms with Crippen molar-refractivity contribution >= 4 is 17.1 Å². The number of rotatable bonds is 9. The molecule has 0 amide bonds. The Labute approximate surface area is 195 Å². The van der Waals surface area contributed by atoms with Crippen LogP contribution < -0.4 is 4.74 Å². The molecule has 3 aromatic rings. The summed E-state index contributed by atoms with van der Waals surface area (Å²) in [7, 11) is 0. The Balaban J connectivity index is 1.65. The molecule has 0 radical (unpaired) electrons. The van der Waals surface area contributed by atoms with Crippen LogP contribution in [0.3, 0.4) is 0 Å². The Bertz CT molecular complexity index is 1230. The van der Waals surface area contributed by atoms with Crippen LogP contribution in [-0.4, -0.2) is 38.4 Å². The fourth-order valence-electron chi connectivity index (χ4n) is 3.93. The van der Waals surface area contributed by atoms with Crippen molar-refractivity contribution in [2.24, 2.45) is 11.1 Å². The summed E-state index contributed by atoms with van der Waals surface area (Å²) >= 11 is 0. The summed E-state index contributed by atoms with van der Waals surface area (Å²) in [5.41, 5.74) is 4.17. The smallest absolute Gasteiger partial charge is 0.389 e. The first-order chi connectivity index (χ1) is 16.1. The number of halogens is 3. The van der Waals surface area contributed by atoms with Gasteiger partial charge in [-0.25, -0.2) is 4.98 Å². The van der Waals surface area contributed by atoms with Gasteiger partial charge in [-0.15, -0.1) is 0 Å². The second-order valence-corrected chi connectivity index (χ2v) is 8.91. The minimum Gasteiger partial charge on any atom is -0.491 e. The predicted molar refractivity (Wildman–Crippen MR) is 121 cm³/mol. The van der Waals surface area contributed by atoms with E-state index < -0.39 is 24.8 Å². The standard InChI is InChI=1S/C25H26F3N3O3/c1-15(2)34-21-11-16(10-20(32)5-7-25(26,27)28)9-19(12-21)22-14-29-23-13-18(6-8-31(22)23)24(30-33)17-3-4-17/h6,8-9,11-15,17,33H,3-5,7,10H2,1-2H3/b30-24-. The Kier molecular flexibility index (Phi) is 6.63. The molecule has 1 N–H and O–H groups in total. The molecule has 1 aliphatic carbocycles. The lowest BCUT2D eigenvalue weighted by molar-refractivity contribution is -0.143. The molecule has 2 aromatic heterocycles. The molecule has 6 nitrogen and oxygen atoms in total. The van der Waals surface area contributed by atoms with Gasteiger partial charge in [0.05, 0.1) is 30.1 Å². The monoisotopic (exact) mass is 473 g/mol. The Morgan fingerprint density at radius 1 is 1.26 bits per heavy atom. The van der Waals surface area contributed by atoms with Crippen molar-refractivity contribution in [3.63, 3.8) is 0 Å². The molecular weight excluding hydrogens is 447 g/mol. The van der Waals surface area contributed by atoms with E-state index in [0.717, 1.165) is 29.7 Å². The van der Waals surface area contributed by atoms with Gasteiger partial charge in [0.25, 0.3) is 0 Å². The van der Waals surface area contributed by atoms with Crippen LogP contribution in [0.5, 0.6) is 5.75 Å². The number of carbonyl (C=O) groups excluding carboxylic acids is 1. The second kappa shape index (κ2) is 9.48. The molecule has 0 bridgehead atoms. The number of benzene rings is 1. The van der Waals surface area contributed by atoms with E-state index in [1.54, 1.807) is 18.3 Å². The summed E-state index contributed by atoms with van der Waals surface area (Å²) in [5.74, 6) is 0.314. The highest BCUT2D eigenvalue weighted by molar-refractivity contribution is 6.03. The van der Waals surface area contributed by atoms with Crippen molar-refractivity contribution in [2.45, 2.75) is 58.2 Å². The SMILES string of the molecule is CC(C)Oc1cc(CC(=O)CCC(F)(F)F)cc(-c2cnc3cc(/C(=N\O)C4CC4)ccn23)c1. The van der Waals surface area contributed by atoms with Crippen LogP contribution in [-0.2, 0) is 11.2 Å². The van der Waals surface area contributed by atoms with Crippen molar-refractivity contribution in [3.05, 3.63) is 53.9 Å². The number of carbonyl (C=O) groups is 1. The first-order valence-corrected chi connectivity index (χ1v) is 11.2. The van der Waals surface area contributed by atoms with E-state index >= 15 is 0 Å². The van der Waals surface area contributed by atoms with Crippen molar-refractivity contribution in [2.75, 3.05) is 0 Å². The van der Waals surface area contributed by atoms with Crippen molar-refractivity contribution < 1.29 is 27.9 Å². The highest BCUT2D eigenvalue weighted by atomic mass is 19.4. The average molecular weight is 473 g/mol. The number of ether oxygens (including phenoxy) is 1. The number of ketones is 1. The molecular formula is C25H26F3N3O3. The molecule has 0 spiro atoms. The van der Waals surface area contributed by atoms with Crippen LogP contribution >= 0.6 is 0 Å². The molecule has 1 saturated carbocycles. The zero-order chi connectivity index (χ0) is 24.5. The number of hydrogen-bond acceptors (Lipinski definition) is 5. The van der Waals surface area contributed by atoms with E-state index in [4.69, 9.17) is 4.74 Å². The molecule has 2 heterocycles.